The number of hydrogen-bond acceptors (Lipinski definition) is 4. The molecule has 1 aliphatic rings. The van der Waals surface area contributed by atoms with Gasteiger partial charge in [-0.15, -0.1) is 5.10 Å². The van der Waals surface area contributed by atoms with Gasteiger partial charge >= 0.3 is 0 Å². The highest BCUT2D eigenvalue weighted by Gasteiger charge is 2.13. The van der Waals surface area contributed by atoms with Crippen LogP contribution in [0.3, 0.4) is 0 Å². The molecule has 1 saturated heterocycles. The van der Waals surface area contributed by atoms with Crippen molar-refractivity contribution in [3.8, 4) is 0 Å². The normalized spacial score (nSPS) is 21.1. The minimum Gasteiger partial charge on any atom is -0.368 e. The monoisotopic (exact) mass is 192 g/mol. The lowest BCUT2D eigenvalue weighted by Crippen LogP contribution is -2.17. The first-order chi connectivity index (χ1) is 6.84. The lowest BCUT2D eigenvalue weighted by molar-refractivity contribution is 0.613. The molecule has 4 heteroatoms. The fraction of sp³-hybridized carbons (Fsp3) is 0.600. The zero-order valence-corrected chi connectivity index (χ0v) is 8.45. The Bertz CT molecular complexity index is 277. The van der Waals surface area contributed by atoms with Crippen LogP contribution in [0.15, 0.2) is 12.1 Å². The fourth-order valence-electron chi connectivity index (χ4n) is 1.63. The number of nitrogens with one attached hydrogen (secondary N) is 2. The van der Waals surface area contributed by atoms with Crippen molar-refractivity contribution < 1.29 is 0 Å². The Hall–Kier alpha value is -1.16. The van der Waals surface area contributed by atoms with E-state index >= 15 is 0 Å². The summed E-state index contributed by atoms with van der Waals surface area (Å²) in [4.78, 5) is 0. The molecule has 1 aliphatic heterocycles. The predicted molar refractivity (Wildman–Crippen MR) is 56.2 cm³/mol. The maximum atomic E-state index is 4.06. The molecule has 76 valence electrons. The van der Waals surface area contributed by atoms with Gasteiger partial charge in [0.25, 0.3) is 0 Å². The maximum Gasteiger partial charge on any atom is 0.148 e. The van der Waals surface area contributed by atoms with E-state index < -0.39 is 0 Å². The number of aromatic nitrogens is 2. The second-order valence-electron chi connectivity index (χ2n) is 3.80. The molecule has 0 bridgehead atoms. The summed E-state index contributed by atoms with van der Waals surface area (Å²) < 4.78 is 0. The first kappa shape index (κ1) is 9.40. The summed E-state index contributed by atoms with van der Waals surface area (Å²) >= 11 is 0. The first-order valence-electron chi connectivity index (χ1n) is 5.09. The van der Waals surface area contributed by atoms with Crippen molar-refractivity contribution in [3.63, 3.8) is 0 Å². The van der Waals surface area contributed by atoms with Crippen LogP contribution in [0.1, 0.15) is 12.1 Å². The largest absolute Gasteiger partial charge is 0.368 e. The zero-order valence-electron chi connectivity index (χ0n) is 8.45. The molecule has 1 atom stereocenters. The van der Waals surface area contributed by atoms with Gasteiger partial charge in [0.05, 0.1) is 5.69 Å². The summed E-state index contributed by atoms with van der Waals surface area (Å²) in [6.45, 7) is 5.20. The van der Waals surface area contributed by atoms with Crippen LogP contribution in [0.4, 0.5) is 5.82 Å². The van der Waals surface area contributed by atoms with Crippen LogP contribution in [0.5, 0.6) is 0 Å². The van der Waals surface area contributed by atoms with E-state index in [0.29, 0.717) is 0 Å². The summed E-state index contributed by atoms with van der Waals surface area (Å²) in [5.74, 6) is 1.61. The third-order valence-electron chi connectivity index (χ3n) is 2.53. The second-order valence-corrected chi connectivity index (χ2v) is 3.80. The van der Waals surface area contributed by atoms with Crippen LogP contribution >= 0.6 is 0 Å². The van der Waals surface area contributed by atoms with Gasteiger partial charge in [-0.3, -0.25) is 0 Å². The van der Waals surface area contributed by atoms with Crippen molar-refractivity contribution >= 4 is 5.82 Å². The summed E-state index contributed by atoms with van der Waals surface area (Å²) in [7, 11) is 0. The van der Waals surface area contributed by atoms with Crippen molar-refractivity contribution in [2.45, 2.75) is 13.3 Å². The zero-order chi connectivity index (χ0) is 9.80. The Morgan fingerprint density at radius 2 is 2.43 bits per heavy atom. The minimum atomic E-state index is 0.734. The Morgan fingerprint density at radius 3 is 3.07 bits per heavy atom. The van der Waals surface area contributed by atoms with Gasteiger partial charge in [0.15, 0.2) is 0 Å². The SMILES string of the molecule is Cc1ccc(NC[C@@H]2CCNC2)nn1. The molecule has 2 heterocycles. The predicted octanol–water partition coefficient (Wildman–Crippen LogP) is 0.806. The molecule has 0 saturated carbocycles. The number of anilines is 1. The molecule has 0 spiro atoms. The highest BCUT2D eigenvalue weighted by Crippen LogP contribution is 2.09. The van der Waals surface area contributed by atoms with Crippen molar-refractivity contribution in [1.82, 2.24) is 15.5 Å². The number of hydrogen-bond donors (Lipinski definition) is 2. The number of rotatable bonds is 3. The first-order valence-corrected chi connectivity index (χ1v) is 5.09. The Morgan fingerprint density at radius 1 is 1.50 bits per heavy atom. The van der Waals surface area contributed by atoms with Gasteiger partial charge < -0.3 is 10.6 Å². The Labute approximate surface area is 84.1 Å². The smallest absolute Gasteiger partial charge is 0.148 e. The summed E-state index contributed by atoms with van der Waals surface area (Å²) in [6.07, 6.45) is 1.26. The van der Waals surface area contributed by atoms with Crippen LogP contribution in [-0.4, -0.2) is 29.8 Å². The van der Waals surface area contributed by atoms with Crippen LogP contribution < -0.4 is 10.6 Å². The molecule has 2 N–H and O–H groups in total. The molecule has 0 aliphatic carbocycles. The van der Waals surface area contributed by atoms with E-state index in [9.17, 15) is 0 Å². The molecule has 1 aromatic rings. The van der Waals surface area contributed by atoms with Crippen LogP contribution in [-0.2, 0) is 0 Å². The van der Waals surface area contributed by atoms with Gasteiger partial charge in [-0.1, -0.05) is 0 Å². The van der Waals surface area contributed by atoms with E-state index in [1.807, 2.05) is 19.1 Å². The van der Waals surface area contributed by atoms with Gasteiger partial charge in [-0.05, 0) is 44.5 Å². The van der Waals surface area contributed by atoms with Crippen molar-refractivity contribution in [2.75, 3.05) is 25.0 Å². The lowest BCUT2D eigenvalue weighted by atomic mass is 10.1. The van der Waals surface area contributed by atoms with Gasteiger partial charge in [0.1, 0.15) is 5.82 Å². The van der Waals surface area contributed by atoms with E-state index in [4.69, 9.17) is 0 Å². The molecule has 14 heavy (non-hydrogen) atoms. The standard InChI is InChI=1S/C10H16N4/c1-8-2-3-10(14-13-8)12-7-9-4-5-11-6-9/h2-3,9,11H,4-7H2,1H3,(H,12,14)/t9-/m1/s1. The van der Waals surface area contributed by atoms with Crippen LogP contribution in [0.25, 0.3) is 0 Å². The van der Waals surface area contributed by atoms with Gasteiger partial charge in [0.2, 0.25) is 0 Å². The number of nitrogens with zero attached hydrogens (tertiary/aromatic N) is 2. The molecule has 0 radical (unpaired) electrons. The molecule has 1 fully saturated rings. The van der Waals surface area contributed by atoms with Crippen molar-refractivity contribution in [1.29, 1.82) is 0 Å². The van der Waals surface area contributed by atoms with E-state index in [2.05, 4.69) is 20.8 Å². The number of aryl methyl sites for hydroxylation is 1. The average Bonchev–Trinajstić information content (AvgIpc) is 2.70. The van der Waals surface area contributed by atoms with Crippen molar-refractivity contribution in [2.24, 2.45) is 5.92 Å². The van der Waals surface area contributed by atoms with E-state index in [1.165, 1.54) is 6.42 Å². The van der Waals surface area contributed by atoms with Gasteiger partial charge in [-0.2, -0.15) is 5.10 Å². The lowest BCUT2D eigenvalue weighted by Gasteiger charge is -2.09. The highest BCUT2D eigenvalue weighted by molar-refractivity contribution is 5.32. The highest BCUT2D eigenvalue weighted by atomic mass is 15.2. The Balaban J connectivity index is 1.82. The van der Waals surface area contributed by atoms with Crippen LogP contribution in [0.2, 0.25) is 0 Å². The fourth-order valence-corrected chi connectivity index (χ4v) is 1.63. The molecular weight excluding hydrogens is 176 g/mol. The topological polar surface area (TPSA) is 49.8 Å². The quantitative estimate of drug-likeness (QED) is 0.744. The molecular formula is C10H16N4. The van der Waals surface area contributed by atoms with Gasteiger partial charge in [-0.25, -0.2) is 0 Å². The van der Waals surface area contributed by atoms with Crippen LogP contribution in [0, 0.1) is 12.8 Å². The maximum absolute atomic E-state index is 4.06. The molecule has 0 unspecified atom stereocenters. The molecule has 0 amide bonds. The minimum absolute atomic E-state index is 0.734. The second kappa shape index (κ2) is 4.37. The summed E-state index contributed by atoms with van der Waals surface area (Å²) in [5, 5.41) is 14.7. The van der Waals surface area contributed by atoms with E-state index in [0.717, 1.165) is 37.1 Å². The molecule has 4 nitrogen and oxygen atoms in total. The van der Waals surface area contributed by atoms with Gasteiger partial charge in [0, 0.05) is 6.54 Å². The molecule has 2 rings (SSSR count). The summed E-state index contributed by atoms with van der Waals surface area (Å²) in [6, 6.07) is 3.95. The third kappa shape index (κ3) is 2.42. The summed E-state index contributed by atoms with van der Waals surface area (Å²) in [5.41, 5.74) is 0.957. The molecule has 0 aromatic carbocycles. The molecule has 1 aromatic heterocycles. The van der Waals surface area contributed by atoms with E-state index in [1.54, 1.807) is 0 Å². The Kier molecular flexibility index (Phi) is 2.93. The third-order valence-corrected chi connectivity index (χ3v) is 2.53. The average molecular weight is 192 g/mol. The van der Waals surface area contributed by atoms with Crippen molar-refractivity contribution in [3.05, 3.63) is 17.8 Å². The van der Waals surface area contributed by atoms with E-state index in [-0.39, 0.29) is 0 Å².